The van der Waals surface area contributed by atoms with Crippen LogP contribution in [0.4, 0.5) is 0 Å². The number of unbranched alkanes of at least 4 members (excludes halogenated alkanes) is 1. The maximum absolute atomic E-state index is 12.4. The zero-order valence-corrected chi connectivity index (χ0v) is 18.6. The molecule has 1 aromatic rings. The summed E-state index contributed by atoms with van der Waals surface area (Å²) in [4.78, 5) is 12.4. The number of rotatable bonds is 11. The average Bonchev–Trinajstić information content (AvgIpc) is 3.58. The summed E-state index contributed by atoms with van der Waals surface area (Å²) in [5, 5.41) is 0. The van der Waals surface area contributed by atoms with E-state index in [0.717, 1.165) is 64.1 Å². The van der Waals surface area contributed by atoms with Gasteiger partial charge in [-0.2, -0.15) is 0 Å². The molecule has 4 rings (SSSR count). The monoisotopic (exact) mass is 432 g/mol. The first-order valence-corrected chi connectivity index (χ1v) is 11.9. The van der Waals surface area contributed by atoms with E-state index in [1.54, 1.807) is 31.4 Å². The molecule has 6 heteroatoms. The smallest absolute Gasteiger partial charge is 0.314 e. The Balaban J connectivity index is 1.01. The number of epoxide rings is 1. The van der Waals surface area contributed by atoms with Crippen molar-refractivity contribution < 1.29 is 28.5 Å². The van der Waals surface area contributed by atoms with E-state index < -0.39 is 0 Å². The number of ether oxygens (including phenoxy) is 5. The van der Waals surface area contributed by atoms with Crippen molar-refractivity contribution in [2.45, 2.75) is 76.1 Å². The molecule has 31 heavy (non-hydrogen) atoms. The van der Waals surface area contributed by atoms with Crippen LogP contribution in [-0.2, 0) is 19.0 Å². The lowest BCUT2D eigenvalue weighted by molar-refractivity contribution is -0.141. The van der Waals surface area contributed by atoms with Gasteiger partial charge >= 0.3 is 5.97 Å². The molecule has 0 spiro atoms. The Kier molecular flexibility index (Phi) is 8.22. The summed E-state index contributed by atoms with van der Waals surface area (Å²) in [5.74, 6) is 1.83. The van der Waals surface area contributed by atoms with Gasteiger partial charge in [-0.3, -0.25) is 4.79 Å². The maximum Gasteiger partial charge on any atom is 0.314 e. The van der Waals surface area contributed by atoms with Crippen LogP contribution in [0.25, 0.3) is 0 Å². The van der Waals surface area contributed by atoms with Crippen molar-refractivity contribution in [3.63, 3.8) is 0 Å². The fourth-order valence-electron chi connectivity index (χ4n) is 4.75. The zero-order valence-electron chi connectivity index (χ0n) is 18.6. The lowest BCUT2D eigenvalue weighted by Crippen LogP contribution is -2.29. The van der Waals surface area contributed by atoms with Crippen LogP contribution in [0.2, 0.25) is 0 Å². The van der Waals surface area contributed by atoms with Crippen LogP contribution < -0.4 is 9.47 Å². The number of carbonyl (C=O) groups is 1. The van der Waals surface area contributed by atoms with Crippen molar-refractivity contribution in [1.82, 2.24) is 0 Å². The highest BCUT2D eigenvalue weighted by Gasteiger charge is 2.43. The molecule has 1 aromatic carbocycles. The van der Waals surface area contributed by atoms with Crippen molar-refractivity contribution in [2.75, 3.05) is 26.9 Å². The molecular weight excluding hydrogens is 396 g/mol. The first-order chi connectivity index (χ1) is 15.2. The number of hydrogen-bond acceptors (Lipinski definition) is 6. The summed E-state index contributed by atoms with van der Waals surface area (Å²) < 4.78 is 28.1. The fraction of sp³-hybridized carbons (Fsp3) is 0.720. The van der Waals surface area contributed by atoms with Crippen LogP contribution in [0.3, 0.4) is 0 Å². The third-order valence-corrected chi connectivity index (χ3v) is 6.79. The summed E-state index contributed by atoms with van der Waals surface area (Å²) >= 11 is 0. The number of fused-ring (bicyclic) bond motifs is 1. The van der Waals surface area contributed by atoms with E-state index in [1.807, 2.05) is 0 Å². The molecule has 3 atom stereocenters. The van der Waals surface area contributed by atoms with Gasteiger partial charge in [0.2, 0.25) is 0 Å². The molecule has 3 unspecified atom stereocenters. The Labute approximate surface area is 185 Å². The SMILES string of the molecule is COc1ccc(OC(=O)C2CCC(OCCCCOCC3CCC4OC4C3)CC2)cc1. The molecule has 3 fully saturated rings. The quantitative estimate of drug-likeness (QED) is 0.221. The van der Waals surface area contributed by atoms with E-state index in [-0.39, 0.29) is 18.0 Å². The van der Waals surface area contributed by atoms with Crippen LogP contribution in [0.1, 0.15) is 57.8 Å². The molecule has 0 amide bonds. The topological polar surface area (TPSA) is 66.5 Å². The highest BCUT2D eigenvalue weighted by molar-refractivity contribution is 5.75. The van der Waals surface area contributed by atoms with E-state index in [1.165, 1.54) is 19.3 Å². The van der Waals surface area contributed by atoms with Crippen LogP contribution in [0.5, 0.6) is 11.5 Å². The summed E-state index contributed by atoms with van der Waals surface area (Å²) in [6.07, 6.45) is 10.6. The molecule has 172 valence electrons. The first kappa shape index (κ1) is 22.6. The molecule has 1 heterocycles. The van der Waals surface area contributed by atoms with Gasteiger partial charge in [-0.1, -0.05) is 0 Å². The van der Waals surface area contributed by atoms with Gasteiger partial charge in [0.05, 0.1) is 31.3 Å². The van der Waals surface area contributed by atoms with Crippen molar-refractivity contribution in [3.8, 4) is 11.5 Å². The molecule has 0 bridgehead atoms. The normalized spacial score (nSPS) is 29.8. The van der Waals surface area contributed by atoms with E-state index >= 15 is 0 Å². The lowest BCUT2D eigenvalue weighted by atomic mass is 9.87. The third kappa shape index (κ3) is 6.93. The predicted molar refractivity (Wildman–Crippen MR) is 116 cm³/mol. The molecule has 0 aromatic heterocycles. The third-order valence-electron chi connectivity index (χ3n) is 6.79. The van der Waals surface area contributed by atoms with E-state index in [9.17, 15) is 4.79 Å². The minimum Gasteiger partial charge on any atom is -0.497 e. The molecule has 1 saturated heterocycles. The molecule has 0 radical (unpaired) electrons. The molecular formula is C25H36O6. The summed E-state index contributed by atoms with van der Waals surface area (Å²) in [5.41, 5.74) is 0. The number of esters is 1. The number of carbonyl (C=O) groups excluding carboxylic acids is 1. The van der Waals surface area contributed by atoms with Gasteiger partial charge in [0.1, 0.15) is 11.5 Å². The van der Waals surface area contributed by atoms with E-state index in [0.29, 0.717) is 23.9 Å². The molecule has 2 aliphatic carbocycles. The van der Waals surface area contributed by atoms with Crippen molar-refractivity contribution in [1.29, 1.82) is 0 Å². The first-order valence-electron chi connectivity index (χ1n) is 11.9. The van der Waals surface area contributed by atoms with Crippen molar-refractivity contribution >= 4 is 5.97 Å². The van der Waals surface area contributed by atoms with Gasteiger partial charge in [-0.05, 0) is 88.0 Å². The largest absolute Gasteiger partial charge is 0.497 e. The van der Waals surface area contributed by atoms with Crippen LogP contribution in [-0.4, -0.2) is 51.2 Å². The number of benzene rings is 1. The Morgan fingerprint density at radius 3 is 2.42 bits per heavy atom. The average molecular weight is 433 g/mol. The minimum atomic E-state index is -0.137. The molecule has 0 N–H and O–H groups in total. The van der Waals surface area contributed by atoms with Gasteiger partial charge in [0.15, 0.2) is 0 Å². The second kappa shape index (κ2) is 11.3. The standard InChI is InChI=1S/C25H36O6/c1-27-20-9-11-22(12-10-20)30-25(26)19-5-7-21(8-6-19)29-15-3-2-14-28-17-18-4-13-23-24(16-18)31-23/h9-12,18-19,21,23-24H,2-8,13-17H2,1H3. The lowest BCUT2D eigenvalue weighted by Gasteiger charge is -2.27. The Bertz CT molecular complexity index is 682. The Hall–Kier alpha value is -1.63. The highest BCUT2D eigenvalue weighted by atomic mass is 16.6. The summed E-state index contributed by atoms with van der Waals surface area (Å²) in [7, 11) is 1.62. The van der Waals surface area contributed by atoms with Gasteiger partial charge in [-0.15, -0.1) is 0 Å². The van der Waals surface area contributed by atoms with Crippen LogP contribution in [0, 0.1) is 11.8 Å². The Morgan fingerprint density at radius 1 is 0.935 bits per heavy atom. The van der Waals surface area contributed by atoms with Crippen molar-refractivity contribution in [3.05, 3.63) is 24.3 Å². The van der Waals surface area contributed by atoms with Gasteiger partial charge in [0, 0.05) is 19.8 Å². The molecule has 2 saturated carbocycles. The van der Waals surface area contributed by atoms with Gasteiger partial charge in [-0.25, -0.2) is 0 Å². The minimum absolute atomic E-state index is 0.0357. The van der Waals surface area contributed by atoms with Crippen LogP contribution >= 0.6 is 0 Å². The molecule has 1 aliphatic heterocycles. The number of hydrogen-bond donors (Lipinski definition) is 0. The zero-order chi connectivity index (χ0) is 21.5. The number of methoxy groups -OCH3 is 1. The Morgan fingerprint density at radius 2 is 1.68 bits per heavy atom. The maximum atomic E-state index is 12.4. The van der Waals surface area contributed by atoms with E-state index in [2.05, 4.69) is 0 Å². The fourth-order valence-corrected chi connectivity index (χ4v) is 4.75. The second-order valence-corrected chi connectivity index (χ2v) is 9.12. The summed E-state index contributed by atoms with van der Waals surface area (Å²) in [6, 6.07) is 7.12. The highest BCUT2D eigenvalue weighted by Crippen LogP contribution is 2.39. The summed E-state index contributed by atoms with van der Waals surface area (Å²) in [6.45, 7) is 2.47. The predicted octanol–water partition coefficient (Wildman–Crippen LogP) is 4.54. The molecule has 3 aliphatic rings. The molecule has 6 nitrogen and oxygen atoms in total. The van der Waals surface area contributed by atoms with Crippen LogP contribution in [0.15, 0.2) is 24.3 Å². The van der Waals surface area contributed by atoms with E-state index in [4.69, 9.17) is 23.7 Å². The second-order valence-electron chi connectivity index (χ2n) is 9.12. The van der Waals surface area contributed by atoms with Gasteiger partial charge < -0.3 is 23.7 Å². The van der Waals surface area contributed by atoms with Gasteiger partial charge in [0.25, 0.3) is 0 Å². The van der Waals surface area contributed by atoms with Crippen molar-refractivity contribution in [2.24, 2.45) is 11.8 Å².